The van der Waals surface area contributed by atoms with Crippen molar-refractivity contribution in [1.29, 1.82) is 0 Å². The van der Waals surface area contributed by atoms with Gasteiger partial charge in [-0.05, 0) is 37.6 Å². The summed E-state index contributed by atoms with van der Waals surface area (Å²) in [7, 11) is 0. The number of carbonyl (C=O) groups is 1. The van der Waals surface area contributed by atoms with E-state index in [1.54, 1.807) is 12.5 Å². The molecular formula is C16H20N2O2. The highest BCUT2D eigenvalue weighted by atomic mass is 16.3. The van der Waals surface area contributed by atoms with E-state index in [0.717, 1.165) is 16.8 Å². The standard InChI is InChI=1S/C16H20N2O2/c1-3-17-16(19)10-13-4-6-15(7-5-13)18-12(2)14-8-9-20-11-14/h4-9,11-12,18H,3,10H2,1-2H3,(H,17,19). The van der Waals surface area contributed by atoms with E-state index in [-0.39, 0.29) is 11.9 Å². The maximum absolute atomic E-state index is 11.5. The number of nitrogens with one attached hydrogen (secondary N) is 2. The summed E-state index contributed by atoms with van der Waals surface area (Å²) in [6, 6.07) is 10.1. The van der Waals surface area contributed by atoms with Gasteiger partial charge in [0.05, 0.1) is 25.0 Å². The largest absolute Gasteiger partial charge is 0.472 e. The van der Waals surface area contributed by atoms with E-state index in [9.17, 15) is 4.79 Å². The number of hydrogen-bond donors (Lipinski definition) is 2. The average molecular weight is 272 g/mol. The Balaban J connectivity index is 1.93. The molecule has 0 fully saturated rings. The number of carbonyl (C=O) groups excluding carboxylic acids is 1. The van der Waals surface area contributed by atoms with Crippen LogP contribution in [0.25, 0.3) is 0 Å². The first-order valence-corrected chi connectivity index (χ1v) is 6.83. The van der Waals surface area contributed by atoms with Crippen molar-refractivity contribution in [2.75, 3.05) is 11.9 Å². The van der Waals surface area contributed by atoms with Crippen molar-refractivity contribution >= 4 is 11.6 Å². The highest BCUT2D eigenvalue weighted by Gasteiger charge is 2.07. The van der Waals surface area contributed by atoms with Gasteiger partial charge in [-0.15, -0.1) is 0 Å². The average Bonchev–Trinajstić information content (AvgIpc) is 2.95. The Labute approximate surface area is 119 Å². The first-order valence-electron chi connectivity index (χ1n) is 6.83. The van der Waals surface area contributed by atoms with Crippen molar-refractivity contribution in [2.45, 2.75) is 26.3 Å². The summed E-state index contributed by atoms with van der Waals surface area (Å²) in [6.45, 7) is 4.66. The molecule has 0 saturated carbocycles. The molecule has 1 aromatic heterocycles. The second-order valence-corrected chi connectivity index (χ2v) is 4.75. The van der Waals surface area contributed by atoms with Gasteiger partial charge in [0, 0.05) is 17.8 Å². The second kappa shape index (κ2) is 6.80. The molecule has 1 heterocycles. The van der Waals surface area contributed by atoms with Crippen molar-refractivity contribution in [1.82, 2.24) is 5.32 Å². The van der Waals surface area contributed by atoms with Crippen LogP contribution in [0.4, 0.5) is 5.69 Å². The van der Waals surface area contributed by atoms with E-state index in [1.165, 1.54) is 0 Å². The predicted octanol–water partition coefficient (Wildman–Crippen LogP) is 3.13. The topological polar surface area (TPSA) is 54.3 Å². The molecule has 4 nitrogen and oxygen atoms in total. The Morgan fingerprint density at radius 3 is 2.60 bits per heavy atom. The molecule has 2 aromatic rings. The molecule has 1 unspecified atom stereocenters. The molecule has 0 aliphatic heterocycles. The molecule has 0 bridgehead atoms. The molecule has 1 atom stereocenters. The van der Waals surface area contributed by atoms with Gasteiger partial charge in [0.1, 0.15) is 0 Å². The predicted molar refractivity (Wildman–Crippen MR) is 79.6 cm³/mol. The van der Waals surface area contributed by atoms with Crippen molar-refractivity contribution < 1.29 is 9.21 Å². The Morgan fingerprint density at radius 2 is 2.00 bits per heavy atom. The number of amides is 1. The Bertz CT molecular complexity index is 532. The molecule has 1 aromatic carbocycles. The lowest BCUT2D eigenvalue weighted by Crippen LogP contribution is -2.24. The van der Waals surface area contributed by atoms with Crippen LogP contribution in [0, 0.1) is 0 Å². The molecule has 106 valence electrons. The summed E-state index contributed by atoms with van der Waals surface area (Å²) in [5.74, 6) is 0.0555. The molecule has 20 heavy (non-hydrogen) atoms. The van der Waals surface area contributed by atoms with Gasteiger partial charge in [0.25, 0.3) is 0 Å². The van der Waals surface area contributed by atoms with Crippen molar-refractivity contribution in [3.8, 4) is 0 Å². The quantitative estimate of drug-likeness (QED) is 0.849. The van der Waals surface area contributed by atoms with E-state index >= 15 is 0 Å². The molecular weight excluding hydrogens is 252 g/mol. The van der Waals surface area contributed by atoms with Gasteiger partial charge in [0.2, 0.25) is 5.91 Å². The molecule has 2 rings (SSSR count). The van der Waals surface area contributed by atoms with Crippen LogP contribution in [0.15, 0.2) is 47.3 Å². The molecule has 4 heteroatoms. The zero-order chi connectivity index (χ0) is 14.4. The maximum atomic E-state index is 11.5. The van der Waals surface area contributed by atoms with Crippen molar-refractivity contribution in [3.63, 3.8) is 0 Å². The molecule has 0 radical (unpaired) electrons. The lowest BCUT2D eigenvalue weighted by molar-refractivity contribution is -0.120. The minimum Gasteiger partial charge on any atom is -0.472 e. The second-order valence-electron chi connectivity index (χ2n) is 4.75. The fourth-order valence-corrected chi connectivity index (χ4v) is 2.02. The lowest BCUT2D eigenvalue weighted by Gasteiger charge is -2.13. The van der Waals surface area contributed by atoms with Gasteiger partial charge in [-0.25, -0.2) is 0 Å². The monoisotopic (exact) mass is 272 g/mol. The first kappa shape index (κ1) is 14.2. The van der Waals surface area contributed by atoms with Gasteiger partial charge < -0.3 is 15.1 Å². The summed E-state index contributed by atoms with van der Waals surface area (Å²) < 4.78 is 5.07. The van der Waals surface area contributed by atoms with Crippen LogP contribution >= 0.6 is 0 Å². The number of benzene rings is 1. The molecule has 0 aliphatic rings. The third-order valence-corrected chi connectivity index (χ3v) is 3.12. The van der Waals surface area contributed by atoms with E-state index < -0.39 is 0 Å². The molecule has 1 amide bonds. The van der Waals surface area contributed by atoms with E-state index in [4.69, 9.17) is 4.42 Å². The van der Waals surface area contributed by atoms with Crippen LogP contribution < -0.4 is 10.6 Å². The van der Waals surface area contributed by atoms with Crippen LogP contribution in [-0.2, 0) is 11.2 Å². The van der Waals surface area contributed by atoms with E-state index in [0.29, 0.717) is 13.0 Å². The highest BCUT2D eigenvalue weighted by Crippen LogP contribution is 2.19. The summed E-state index contributed by atoms with van der Waals surface area (Å²) in [5, 5.41) is 6.18. The van der Waals surface area contributed by atoms with Crippen molar-refractivity contribution in [3.05, 3.63) is 54.0 Å². The minimum atomic E-state index is 0.0555. The third-order valence-electron chi connectivity index (χ3n) is 3.12. The first-order chi connectivity index (χ1) is 9.69. The molecule has 0 saturated heterocycles. The number of likely N-dealkylation sites (N-methyl/N-ethyl adjacent to an activating group) is 1. The number of furan rings is 1. The fourth-order valence-electron chi connectivity index (χ4n) is 2.02. The number of hydrogen-bond acceptors (Lipinski definition) is 3. The highest BCUT2D eigenvalue weighted by molar-refractivity contribution is 5.78. The summed E-state index contributed by atoms with van der Waals surface area (Å²) >= 11 is 0. The number of anilines is 1. The minimum absolute atomic E-state index is 0.0555. The van der Waals surface area contributed by atoms with Crippen LogP contribution in [0.5, 0.6) is 0 Å². The van der Waals surface area contributed by atoms with Crippen molar-refractivity contribution in [2.24, 2.45) is 0 Å². The van der Waals surface area contributed by atoms with Gasteiger partial charge in [-0.2, -0.15) is 0 Å². The SMILES string of the molecule is CCNC(=O)Cc1ccc(NC(C)c2ccoc2)cc1. The molecule has 2 N–H and O–H groups in total. The summed E-state index contributed by atoms with van der Waals surface area (Å²) in [4.78, 5) is 11.5. The van der Waals surface area contributed by atoms with Crippen LogP contribution in [0.2, 0.25) is 0 Å². The van der Waals surface area contributed by atoms with Gasteiger partial charge >= 0.3 is 0 Å². The molecule has 0 aliphatic carbocycles. The maximum Gasteiger partial charge on any atom is 0.224 e. The van der Waals surface area contributed by atoms with Crippen LogP contribution in [-0.4, -0.2) is 12.5 Å². The van der Waals surface area contributed by atoms with E-state index in [2.05, 4.69) is 17.6 Å². The van der Waals surface area contributed by atoms with Crippen LogP contribution in [0.1, 0.15) is 31.0 Å². The number of rotatable bonds is 6. The van der Waals surface area contributed by atoms with Gasteiger partial charge in [-0.3, -0.25) is 4.79 Å². The normalized spacial score (nSPS) is 11.9. The van der Waals surface area contributed by atoms with E-state index in [1.807, 2.05) is 37.3 Å². The smallest absolute Gasteiger partial charge is 0.224 e. The third kappa shape index (κ3) is 3.88. The Morgan fingerprint density at radius 1 is 1.25 bits per heavy atom. The summed E-state index contributed by atoms with van der Waals surface area (Å²) in [5.41, 5.74) is 3.15. The zero-order valence-electron chi connectivity index (χ0n) is 11.8. The molecule has 0 spiro atoms. The fraction of sp³-hybridized carbons (Fsp3) is 0.312. The summed E-state index contributed by atoms with van der Waals surface area (Å²) in [6.07, 6.45) is 3.83. The Hall–Kier alpha value is -2.23. The van der Waals surface area contributed by atoms with Gasteiger partial charge in [-0.1, -0.05) is 12.1 Å². The van der Waals surface area contributed by atoms with Gasteiger partial charge in [0.15, 0.2) is 0 Å². The zero-order valence-corrected chi connectivity index (χ0v) is 11.8. The van der Waals surface area contributed by atoms with Crippen LogP contribution in [0.3, 0.4) is 0 Å². The lowest BCUT2D eigenvalue weighted by atomic mass is 10.1. The Kier molecular flexibility index (Phi) is 4.82.